The van der Waals surface area contributed by atoms with Crippen LogP contribution in [0.5, 0.6) is 0 Å². The van der Waals surface area contributed by atoms with Gasteiger partial charge in [0.25, 0.3) is 0 Å². The standard InChI is InChI=1S/C23H22N2O3/c1-15-10-11-21(24-12-15)22(13-26)25-23(27)28-14-20-18-8-4-2-6-16(18)17-7-3-5-9-19(17)20/h2-12,20,22,26H,13-14H2,1H3,(H,25,27). The first-order chi connectivity index (χ1) is 13.7. The number of carbonyl (C=O) groups excluding carboxylic acids is 1. The summed E-state index contributed by atoms with van der Waals surface area (Å²) in [7, 11) is 0. The molecule has 0 spiro atoms. The van der Waals surface area contributed by atoms with Gasteiger partial charge >= 0.3 is 6.09 Å². The minimum atomic E-state index is -0.601. The van der Waals surface area contributed by atoms with Crippen LogP contribution in [0.2, 0.25) is 0 Å². The molecule has 5 nitrogen and oxygen atoms in total. The second kappa shape index (κ2) is 7.82. The molecule has 1 unspecified atom stereocenters. The van der Waals surface area contributed by atoms with Gasteiger partial charge in [-0.2, -0.15) is 0 Å². The van der Waals surface area contributed by atoms with Crippen molar-refractivity contribution in [3.63, 3.8) is 0 Å². The zero-order chi connectivity index (χ0) is 19.5. The molecule has 28 heavy (non-hydrogen) atoms. The molecule has 1 amide bonds. The summed E-state index contributed by atoms with van der Waals surface area (Å²) in [5.41, 5.74) is 6.31. The molecule has 0 radical (unpaired) electrons. The molecule has 0 saturated heterocycles. The molecule has 0 fully saturated rings. The highest BCUT2D eigenvalue weighted by Crippen LogP contribution is 2.44. The number of hydrogen-bond donors (Lipinski definition) is 2. The molecule has 1 heterocycles. The summed E-state index contributed by atoms with van der Waals surface area (Å²) in [5, 5.41) is 12.3. The third-order valence-electron chi connectivity index (χ3n) is 5.11. The zero-order valence-corrected chi connectivity index (χ0v) is 15.6. The summed E-state index contributed by atoms with van der Waals surface area (Å²) in [4.78, 5) is 16.6. The number of nitrogens with one attached hydrogen (secondary N) is 1. The number of hydrogen-bond acceptors (Lipinski definition) is 4. The number of benzene rings is 2. The van der Waals surface area contributed by atoms with E-state index in [1.807, 2.05) is 37.3 Å². The minimum absolute atomic E-state index is 0.00299. The molecule has 0 bridgehead atoms. The number of alkyl carbamates (subject to hydrolysis) is 1. The number of carbonyl (C=O) groups is 1. The molecule has 2 N–H and O–H groups in total. The van der Waals surface area contributed by atoms with Crippen LogP contribution in [-0.4, -0.2) is 29.4 Å². The second-order valence-corrected chi connectivity index (χ2v) is 6.97. The van der Waals surface area contributed by atoms with Crippen molar-refractivity contribution in [1.82, 2.24) is 10.3 Å². The van der Waals surface area contributed by atoms with Gasteiger partial charge in [0.2, 0.25) is 0 Å². The second-order valence-electron chi connectivity index (χ2n) is 6.97. The molecular formula is C23H22N2O3. The molecule has 0 aliphatic heterocycles. The van der Waals surface area contributed by atoms with Gasteiger partial charge in [-0.3, -0.25) is 4.98 Å². The van der Waals surface area contributed by atoms with Gasteiger partial charge in [0.1, 0.15) is 6.61 Å². The maximum atomic E-state index is 12.4. The Morgan fingerprint density at radius 3 is 2.29 bits per heavy atom. The summed E-state index contributed by atoms with van der Waals surface area (Å²) < 4.78 is 5.53. The van der Waals surface area contributed by atoms with Crippen LogP contribution in [0.1, 0.15) is 34.3 Å². The number of pyridine rings is 1. The largest absolute Gasteiger partial charge is 0.449 e. The summed E-state index contributed by atoms with van der Waals surface area (Å²) in [5.74, 6) is 0.00299. The van der Waals surface area contributed by atoms with Gasteiger partial charge in [-0.1, -0.05) is 54.6 Å². The highest BCUT2D eigenvalue weighted by Gasteiger charge is 2.29. The zero-order valence-electron chi connectivity index (χ0n) is 15.6. The molecule has 1 aliphatic carbocycles. The molecule has 3 aromatic rings. The monoisotopic (exact) mass is 374 g/mol. The molecule has 5 heteroatoms. The van der Waals surface area contributed by atoms with Crippen LogP contribution in [0.4, 0.5) is 4.79 Å². The van der Waals surface area contributed by atoms with Gasteiger partial charge < -0.3 is 15.2 Å². The SMILES string of the molecule is Cc1ccc(C(CO)NC(=O)OCC2c3ccccc3-c3ccccc32)nc1. The average Bonchev–Trinajstić information content (AvgIpc) is 3.05. The fourth-order valence-electron chi connectivity index (χ4n) is 3.68. The minimum Gasteiger partial charge on any atom is -0.449 e. The predicted octanol–water partition coefficient (Wildman–Crippen LogP) is 3.96. The van der Waals surface area contributed by atoms with E-state index in [4.69, 9.17) is 4.74 Å². The molecule has 1 aromatic heterocycles. The average molecular weight is 374 g/mol. The fourth-order valence-corrected chi connectivity index (χ4v) is 3.68. The summed E-state index contributed by atoms with van der Waals surface area (Å²) in [6, 6.07) is 19.5. The van der Waals surface area contributed by atoms with Gasteiger partial charge in [-0.05, 0) is 40.8 Å². The van der Waals surface area contributed by atoms with Crippen LogP contribution in [0, 0.1) is 6.92 Å². The van der Waals surface area contributed by atoms with Crippen molar-refractivity contribution in [2.24, 2.45) is 0 Å². The summed E-state index contributed by atoms with van der Waals surface area (Å²) in [6.07, 6.45) is 1.14. The molecule has 4 rings (SSSR count). The number of nitrogens with zero attached hydrogens (tertiary/aromatic N) is 1. The maximum Gasteiger partial charge on any atom is 0.407 e. The third kappa shape index (κ3) is 3.49. The van der Waals surface area contributed by atoms with E-state index in [-0.39, 0.29) is 19.1 Å². The highest BCUT2D eigenvalue weighted by molar-refractivity contribution is 5.79. The number of aliphatic hydroxyl groups excluding tert-OH is 1. The molecule has 1 atom stereocenters. The molecule has 0 saturated carbocycles. The lowest BCUT2D eigenvalue weighted by atomic mass is 9.98. The first-order valence-electron chi connectivity index (χ1n) is 9.32. The predicted molar refractivity (Wildman–Crippen MR) is 107 cm³/mol. The van der Waals surface area contributed by atoms with E-state index < -0.39 is 12.1 Å². The van der Waals surface area contributed by atoms with Crippen LogP contribution < -0.4 is 5.32 Å². The van der Waals surface area contributed by atoms with E-state index in [1.54, 1.807) is 12.3 Å². The topological polar surface area (TPSA) is 71.5 Å². The lowest BCUT2D eigenvalue weighted by molar-refractivity contribution is 0.132. The van der Waals surface area contributed by atoms with Crippen LogP contribution in [0.3, 0.4) is 0 Å². The van der Waals surface area contributed by atoms with Crippen LogP contribution in [-0.2, 0) is 4.74 Å². The quantitative estimate of drug-likeness (QED) is 0.709. The van der Waals surface area contributed by atoms with Gasteiger partial charge in [0, 0.05) is 12.1 Å². The summed E-state index contributed by atoms with van der Waals surface area (Å²) >= 11 is 0. The lowest BCUT2D eigenvalue weighted by Gasteiger charge is -2.18. The Morgan fingerprint density at radius 1 is 1.07 bits per heavy atom. The number of aliphatic hydroxyl groups is 1. The first-order valence-corrected chi connectivity index (χ1v) is 9.32. The molecular weight excluding hydrogens is 352 g/mol. The van der Waals surface area contributed by atoms with Gasteiger partial charge in [-0.15, -0.1) is 0 Å². The van der Waals surface area contributed by atoms with E-state index in [9.17, 15) is 9.90 Å². The Kier molecular flexibility index (Phi) is 5.08. The van der Waals surface area contributed by atoms with Crippen molar-refractivity contribution in [3.8, 4) is 11.1 Å². The smallest absolute Gasteiger partial charge is 0.407 e. The third-order valence-corrected chi connectivity index (χ3v) is 5.11. The van der Waals surface area contributed by atoms with Gasteiger partial charge in [-0.25, -0.2) is 4.79 Å². The Labute approximate surface area is 164 Å². The van der Waals surface area contributed by atoms with Crippen molar-refractivity contribution in [1.29, 1.82) is 0 Å². The molecule has 2 aromatic carbocycles. The van der Waals surface area contributed by atoms with Crippen molar-refractivity contribution >= 4 is 6.09 Å². The van der Waals surface area contributed by atoms with E-state index in [2.05, 4.69) is 34.6 Å². The highest BCUT2D eigenvalue weighted by atomic mass is 16.5. The van der Waals surface area contributed by atoms with Crippen LogP contribution in [0.15, 0.2) is 66.9 Å². The van der Waals surface area contributed by atoms with E-state index >= 15 is 0 Å². The van der Waals surface area contributed by atoms with Crippen LogP contribution >= 0.6 is 0 Å². The van der Waals surface area contributed by atoms with Crippen molar-refractivity contribution in [3.05, 3.63) is 89.2 Å². The molecule has 142 valence electrons. The number of ether oxygens (including phenoxy) is 1. The van der Waals surface area contributed by atoms with Crippen LogP contribution in [0.25, 0.3) is 11.1 Å². The van der Waals surface area contributed by atoms with E-state index in [0.29, 0.717) is 5.69 Å². The number of rotatable bonds is 5. The fraction of sp³-hybridized carbons (Fsp3) is 0.217. The Balaban J connectivity index is 1.45. The van der Waals surface area contributed by atoms with E-state index in [1.165, 1.54) is 11.1 Å². The number of aromatic nitrogens is 1. The molecule has 1 aliphatic rings. The number of amides is 1. The number of aryl methyl sites for hydroxylation is 1. The normalized spacial score (nSPS) is 13.5. The number of fused-ring (bicyclic) bond motifs is 3. The van der Waals surface area contributed by atoms with E-state index in [0.717, 1.165) is 16.7 Å². The Bertz CT molecular complexity index is 940. The van der Waals surface area contributed by atoms with Gasteiger partial charge in [0.05, 0.1) is 18.3 Å². The summed E-state index contributed by atoms with van der Waals surface area (Å²) in [6.45, 7) is 1.92. The lowest BCUT2D eigenvalue weighted by Crippen LogP contribution is -2.32. The maximum absolute atomic E-state index is 12.4. The Morgan fingerprint density at radius 2 is 1.71 bits per heavy atom. The Hall–Kier alpha value is -3.18. The van der Waals surface area contributed by atoms with Gasteiger partial charge in [0.15, 0.2) is 0 Å². The van der Waals surface area contributed by atoms with Crippen molar-refractivity contribution in [2.45, 2.75) is 18.9 Å². The van der Waals surface area contributed by atoms with Crippen molar-refractivity contribution < 1.29 is 14.6 Å². The first kappa shape index (κ1) is 18.2. The van der Waals surface area contributed by atoms with Crippen molar-refractivity contribution in [2.75, 3.05) is 13.2 Å².